The molecule has 2 aliphatic heterocycles. The number of aromatic nitrogens is 2. The van der Waals surface area contributed by atoms with Gasteiger partial charge in [0.25, 0.3) is 0 Å². The van der Waals surface area contributed by atoms with Crippen molar-refractivity contribution in [3.05, 3.63) is 41.9 Å². The monoisotopic (exact) mass is 462 g/mol. The summed E-state index contributed by atoms with van der Waals surface area (Å²) in [6.07, 6.45) is 5.66. The number of phenolic OH excluding ortho intramolecular Hbond substituents is 1. The van der Waals surface area contributed by atoms with Crippen LogP contribution in [0, 0.1) is 6.92 Å². The van der Waals surface area contributed by atoms with Gasteiger partial charge >= 0.3 is 0 Å². The molecule has 0 radical (unpaired) electrons. The fourth-order valence-corrected chi connectivity index (χ4v) is 7.11. The van der Waals surface area contributed by atoms with E-state index in [2.05, 4.69) is 21.8 Å². The van der Waals surface area contributed by atoms with Gasteiger partial charge in [0.1, 0.15) is 0 Å². The first-order valence-corrected chi connectivity index (χ1v) is 12.8. The van der Waals surface area contributed by atoms with Crippen LogP contribution in [0.15, 0.2) is 30.6 Å². The number of nitrogens with zero attached hydrogens (tertiary/aromatic N) is 4. The molecule has 8 nitrogen and oxygen atoms in total. The molecular weight excluding hydrogens is 428 g/mol. The molecular formula is C23H34N4O4S. The summed E-state index contributed by atoms with van der Waals surface area (Å²) in [4.78, 5) is 11.2. The first-order chi connectivity index (χ1) is 15.1. The molecule has 1 aromatic carbocycles. The van der Waals surface area contributed by atoms with E-state index in [1.807, 2.05) is 32.9 Å². The average molecular weight is 463 g/mol. The first-order valence-electron chi connectivity index (χ1n) is 11.2. The zero-order valence-corrected chi connectivity index (χ0v) is 20.0. The third-order valence-corrected chi connectivity index (χ3v) is 8.36. The normalized spacial score (nSPS) is 26.6. The SMILES string of the molecule is Cc1cncc(N2[C@@]3(CCN(Cc4ccc(O)c(OC(C)C)c4)[C@@H](C)C3)CCS2(O)O)n1. The van der Waals surface area contributed by atoms with Gasteiger partial charge in [-0.25, -0.2) is 9.29 Å². The minimum atomic E-state index is -2.92. The Bertz CT molecular complexity index is 973. The highest BCUT2D eigenvalue weighted by molar-refractivity contribution is 8.25. The minimum Gasteiger partial charge on any atom is -0.504 e. The molecule has 176 valence electrons. The van der Waals surface area contributed by atoms with Crippen LogP contribution in [0.25, 0.3) is 0 Å². The van der Waals surface area contributed by atoms with E-state index in [9.17, 15) is 14.2 Å². The zero-order valence-electron chi connectivity index (χ0n) is 19.2. The maximum absolute atomic E-state index is 10.9. The number of anilines is 1. The highest BCUT2D eigenvalue weighted by Gasteiger charge is 2.53. The molecule has 1 aromatic heterocycles. The quantitative estimate of drug-likeness (QED) is 0.594. The van der Waals surface area contributed by atoms with Crippen LogP contribution in [0.2, 0.25) is 0 Å². The van der Waals surface area contributed by atoms with E-state index in [4.69, 9.17) is 4.74 Å². The van der Waals surface area contributed by atoms with Gasteiger partial charge in [0, 0.05) is 25.3 Å². The largest absolute Gasteiger partial charge is 0.504 e. The summed E-state index contributed by atoms with van der Waals surface area (Å²) < 4.78 is 29.3. The molecule has 3 heterocycles. The van der Waals surface area contributed by atoms with Gasteiger partial charge in [-0.2, -0.15) is 0 Å². The van der Waals surface area contributed by atoms with Crippen LogP contribution in [-0.4, -0.2) is 59.1 Å². The number of phenols is 1. The van der Waals surface area contributed by atoms with Gasteiger partial charge in [-0.15, -0.1) is 10.8 Å². The lowest BCUT2D eigenvalue weighted by molar-refractivity contribution is 0.102. The van der Waals surface area contributed by atoms with E-state index in [0.717, 1.165) is 43.6 Å². The Hall–Kier alpha value is -2.07. The van der Waals surface area contributed by atoms with Crippen LogP contribution >= 0.6 is 10.8 Å². The van der Waals surface area contributed by atoms with Crippen molar-refractivity contribution in [2.45, 2.75) is 71.2 Å². The molecule has 2 atom stereocenters. The van der Waals surface area contributed by atoms with Crippen molar-refractivity contribution in [2.75, 3.05) is 16.6 Å². The third kappa shape index (κ3) is 4.52. The number of hydrogen-bond acceptors (Lipinski definition) is 8. The maximum atomic E-state index is 10.9. The molecule has 1 spiro atoms. The van der Waals surface area contributed by atoms with Crippen molar-refractivity contribution < 1.29 is 18.9 Å². The van der Waals surface area contributed by atoms with Gasteiger partial charge in [-0.3, -0.25) is 19.0 Å². The van der Waals surface area contributed by atoms with Gasteiger partial charge in [0.15, 0.2) is 17.3 Å². The number of rotatable bonds is 5. The minimum absolute atomic E-state index is 0.0114. The van der Waals surface area contributed by atoms with Gasteiger partial charge in [0.05, 0.1) is 29.3 Å². The number of aryl methyl sites for hydroxylation is 1. The lowest BCUT2D eigenvalue weighted by atomic mass is 9.81. The smallest absolute Gasteiger partial charge is 0.166 e. The van der Waals surface area contributed by atoms with Crippen molar-refractivity contribution in [3.63, 3.8) is 0 Å². The highest BCUT2D eigenvalue weighted by Crippen LogP contribution is 2.60. The Morgan fingerprint density at radius 3 is 2.72 bits per heavy atom. The van der Waals surface area contributed by atoms with Crippen molar-refractivity contribution in [2.24, 2.45) is 0 Å². The second kappa shape index (κ2) is 8.70. The number of piperidine rings is 1. The number of ether oxygens (including phenoxy) is 1. The molecule has 2 fully saturated rings. The van der Waals surface area contributed by atoms with Crippen molar-refractivity contribution in [3.8, 4) is 11.5 Å². The highest BCUT2D eigenvalue weighted by atomic mass is 32.3. The van der Waals surface area contributed by atoms with E-state index < -0.39 is 10.8 Å². The number of likely N-dealkylation sites (tertiary alicyclic amines) is 1. The predicted molar refractivity (Wildman–Crippen MR) is 127 cm³/mol. The molecule has 4 rings (SSSR count). The molecule has 0 aliphatic carbocycles. The predicted octanol–water partition coefficient (Wildman–Crippen LogP) is 4.58. The zero-order chi connectivity index (χ0) is 23.1. The van der Waals surface area contributed by atoms with Gasteiger partial charge in [-0.1, -0.05) is 6.07 Å². The summed E-state index contributed by atoms with van der Waals surface area (Å²) in [6, 6.07) is 5.77. The van der Waals surface area contributed by atoms with E-state index in [-0.39, 0.29) is 23.4 Å². The average Bonchev–Trinajstić information content (AvgIpc) is 2.96. The van der Waals surface area contributed by atoms with E-state index in [1.165, 1.54) is 0 Å². The fourth-order valence-electron chi connectivity index (χ4n) is 5.01. The molecule has 0 amide bonds. The molecule has 2 aliphatic rings. The topological polar surface area (TPSA) is 102 Å². The van der Waals surface area contributed by atoms with Crippen LogP contribution in [0.5, 0.6) is 11.5 Å². The van der Waals surface area contributed by atoms with Crippen molar-refractivity contribution in [1.29, 1.82) is 0 Å². The lowest BCUT2D eigenvalue weighted by Gasteiger charge is -2.51. The van der Waals surface area contributed by atoms with Crippen LogP contribution in [0.1, 0.15) is 51.3 Å². The third-order valence-electron chi connectivity index (χ3n) is 6.45. The standard InChI is InChI=1S/C23H34N4O4S/c1-16(2)31-21-11-19(5-6-20(21)28)15-26-9-7-23(12-18(26)4)8-10-32(29,30)27(23)22-14-24-13-17(3)25-22/h5-6,11,13-14,16,18,28-30H,7-10,12,15H2,1-4H3/t18-,23-/m0/s1. The Kier molecular flexibility index (Phi) is 6.28. The summed E-state index contributed by atoms with van der Waals surface area (Å²) >= 11 is 0. The van der Waals surface area contributed by atoms with E-state index >= 15 is 0 Å². The fraction of sp³-hybridized carbons (Fsp3) is 0.565. The number of aromatic hydroxyl groups is 1. The van der Waals surface area contributed by atoms with Crippen LogP contribution < -0.4 is 9.04 Å². The Labute approximate surface area is 191 Å². The summed E-state index contributed by atoms with van der Waals surface area (Å²) in [5.41, 5.74) is 1.51. The van der Waals surface area contributed by atoms with E-state index in [0.29, 0.717) is 17.3 Å². The Morgan fingerprint density at radius 1 is 1.25 bits per heavy atom. The van der Waals surface area contributed by atoms with Gasteiger partial charge in [-0.05, 0) is 64.7 Å². The first kappa shape index (κ1) is 23.1. The molecule has 0 saturated carbocycles. The maximum Gasteiger partial charge on any atom is 0.166 e. The molecule has 3 N–H and O–H groups in total. The summed E-state index contributed by atoms with van der Waals surface area (Å²) in [6.45, 7) is 9.51. The summed E-state index contributed by atoms with van der Waals surface area (Å²) in [5.74, 6) is 1.58. The summed E-state index contributed by atoms with van der Waals surface area (Å²) in [5, 5.41) is 10.1. The molecule has 2 aromatic rings. The Balaban J connectivity index is 1.52. The number of hydrogen-bond donors (Lipinski definition) is 3. The second-order valence-electron chi connectivity index (χ2n) is 9.37. The van der Waals surface area contributed by atoms with E-state index in [1.54, 1.807) is 22.8 Å². The molecule has 0 unspecified atom stereocenters. The molecule has 2 saturated heterocycles. The van der Waals surface area contributed by atoms with Gasteiger partial charge in [0.2, 0.25) is 0 Å². The number of benzene rings is 1. The van der Waals surface area contributed by atoms with Crippen LogP contribution in [0.4, 0.5) is 5.82 Å². The van der Waals surface area contributed by atoms with Gasteiger partial charge < -0.3 is 9.84 Å². The van der Waals surface area contributed by atoms with Crippen molar-refractivity contribution >= 4 is 16.6 Å². The molecule has 9 heteroatoms. The summed E-state index contributed by atoms with van der Waals surface area (Å²) in [7, 11) is -2.92. The van der Waals surface area contributed by atoms with Crippen LogP contribution in [-0.2, 0) is 6.54 Å². The lowest BCUT2D eigenvalue weighted by Crippen LogP contribution is -2.55. The second-order valence-corrected chi connectivity index (χ2v) is 11.4. The Morgan fingerprint density at radius 2 is 2.03 bits per heavy atom. The molecule has 32 heavy (non-hydrogen) atoms. The molecule has 0 bridgehead atoms. The van der Waals surface area contributed by atoms with Crippen molar-refractivity contribution in [1.82, 2.24) is 14.9 Å². The van der Waals surface area contributed by atoms with Crippen LogP contribution in [0.3, 0.4) is 0 Å².